The Morgan fingerprint density at radius 2 is 1.38 bits per heavy atom. The van der Waals surface area contributed by atoms with Gasteiger partial charge >= 0.3 is 18.9 Å². The fourth-order valence-electron chi connectivity index (χ4n) is 2.89. The van der Waals surface area contributed by atoms with Gasteiger partial charge in [0, 0.05) is 23.5 Å². The van der Waals surface area contributed by atoms with Gasteiger partial charge in [-0.2, -0.15) is 0 Å². The summed E-state index contributed by atoms with van der Waals surface area (Å²) in [6.07, 6.45) is 4.03. The van der Waals surface area contributed by atoms with Gasteiger partial charge in [-0.15, -0.1) is 0 Å². The zero-order chi connectivity index (χ0) is 22.6. The summed E-state index contributed by atoms with van der Waals surface area (Å²) < 4.78 is 28.0. The van der Waals surface area contributed by atoms with E-state index in [1.165, 1.54) is 14.2 Å². The molecule has 0 aromatic heterocycles. The van der Waals surface area contributed by atoms with Crippen molar-refractivity contribution in [2.24, 2.45) is 0 Å². The number of hydrogen-bond donors (Lipinski definition) is 0. The minimum atomic E-state index is -0.159. The fraction of sp³-hybridized carbons (Fsp3) is 0.458. The first-order valence-electron chi connectivity index (χ1n) is 10.6. The monoisotopic (exact) mass is 456 g/mol. The van der Waals surface area contributed by atoms with E-state index < -0.39 is 0 Å². The van der Waals surface area contributed by atoms with Crippen molar-refractivity contribution in [1.82, 2.24) is 0 Å². The first-order chi connectivity index (χ1) is 15.1. The standard InChI is InChI=1S/C24H33O6P.Li.H/c1-6-8-12-29-17-10-11-22(19(14-17)30-13-9-7-2)31-24(25)23-20(27-4)15-18(26-3)16-21(23)28-5;;/h10-11,14-16,31H,6-9,12-13H2,1-5H3;;/q;+1;-1. The van der Waals surface area contributed by atoms with Crippen LogP contribution in [0.15, 0.2) is 30.3 Å². The Kier molecular flexibility index (Phi) is 13.3. The van der Waals surface area contributed by atoms with E-state index in [0.717, 1.165) is 36.7 Å². The third-order valence-electron chi connectivity index (χ3n) is 4.67. The second-order valence-corrected chi connectivity index (χ2v) is 8.17. The maximum Gasteiger partial charge on any atom is 1.00 e. The molecule has 0 aliphatic rings. The molecule has 1 atom stereocenters. The Hall–Kier alpha value is -1.86. The molecule has 0 aliphatic carbocycles. The van der Waals surface area contributed by atoms with Crippen LogP contribution in [0, 0.1) is 0 Å². The van der Waals surface area contributed by atoms with E-state index in [1.54, 1.807) is 19.2 Å². The largest absolute Gasteiger partial charge is 1.00 e. The van der Waals surface area contributed by atoms with Gasteiger partial charge in [0.05, 0.1) is 34.5 Å². The molecule has 2 rings (SSSR count). The average molecular weight is 456 g/mol. The van der Waals surface area contributed by atoms with Crippen molar-refractivity contribution in [3.05, 3.63) is 35.9 Å². The molecule has 8 heteroatoms. The topological polar surface area (TPSA) is 63.2 Å². The molecule has 0 saturated carbocycles. The van der Waals surface area contributed by atoms with Gasteiger partial charge in [0.2, 0.25) is 0 Å². The Labute approximate surface area is 206 Å². The summed E-state index contributed by atoms with van der Waals surface area (Å²) in [7, 11) is 4.45. The number of unbranched alkanes of at least 4 members (excludes halogenated alkanes) is 2. The molecule has 0 N–H and O–H groups in total. The van der Waals surface area contributed by atoms with Gasteiger partial charge in [0.25, 0.3) is 0 Å². The molecule has 0 heterocycles. The molecular weight excluding hydrogens is 422 g/mol. The number of methoxy groups -OCH3 is 3. The Bertz CT molecular complexity index is 840. The summed E-state index contributed by atoms with van der Waals surface area (Å²) >= 11 is 0. The van der Waals surface area contributed by atoms with Crippen molar-refractivity contribution in [3.8, 4) is 28.7 Å². The van der Waals surface area contributed by atoms with Crippen molar-refractivity contribution in [3.63, 3.8) is 0 Å². The van der Waals surface area contributed by atoms with Crippen molar-refractivity contribution in [2.45, 2.75) is 39.5 Å². The van der Waals surface area contributed by atoms with Crippen molar-refractivity contribution >= 4 is 19.4 Å². The molecule has 0 aliphatic heterocycles. The number of rotatable bonds is 14. The minimum Gasteiger partial charge on any atom is -1.00 e. The molecular formula is C24H34LiO6P. The van der Waals surface area contributed by atoms with Crippen LogP contribution < -0.4 is 47.8 Å². The summed E-state index contributed by atoms with van der Waals surface area (Å²) in [4.78, 5) is 13.3. The van der Waals surface area contributed by atoms with Crippen LogP contribution >= 0.6 is 8.58 Å². The summed E-state index contributed by atoms with van der Waals surface area (Å²) in [5, 5.41) is 0.823. The molecule has 6 nitrogen and oxygen atoms in total. The molecule has 2 aromatic carbocycles. The van der Waals surface area contributed by atoms with Gasteiger partial charge in [0.1, 0.15) is 34.3 Å². The first-order valence-corrected chi connectivity index (χ1v) is 11.6. The van der Waals surface area contributed by atoms with E-state index in [1.807, 2.05) is 18.2 Å². The van der Waals surface area contributed by atoms with Gasteiger partial charge in [-0.1, -0.05) is 26.7 Å². The molecule has 0 saturated heterocycles. The summed E-state index contributed by atoms with van der Waals surface area (Å²) in [6, 6.07) is 9.04. The van der Waals surface area contributed by atoms with E-state index in [0.29, 0.717) is 41.8 Å². The van der Waals surface area contributed by atoms with Gasteiger partial charge in [-0.25, -0.2) is 0 Å². The zero-order valence-corrected chi connectivity index (χ0v) is 21.1. The molecule has 0 spiro atoms. The summed E-state index contributed by atoms with van der Waals surface area (Å²) in [6.45, 7) is 5.49. The van der Waals surface area contributed by atoms with Crippen LogP contribution in [0.4, 0.5) is 0 Å². The van der Waals surface area contributed by atoms with Crippen LogP contribution in [-0.4, -0.2) is 40.1 Å². The van der Waals surface area contributed by atoms with Gasteiger partial charge in [0.15, 0.2) is 5.52 Å². The maximum atomic E-state index is 13.3. The number of benzene rings is 2. The van der Waals surface area contributed by atoms with Crippen LogP contribution in [0.2, 0.25) is 0 Å². The van der Waals surface area contributed by atoms with Crippen LogP contribution in [0.3, 0.4) is 0 Å². The Morgan fingerprint density at radius 1 is 0.812 bits per heavy atom. The number of hydrogen-bond acceptors (Lipinski definition) is 6. The van der Waals surface area contributed by atoms with Crippen LogP contribution in [0.1, 0.15) is 51.3 Å². The quantitative estimate of drug-likeness (QED) is 0.247. The number of carbonyl (C=O) groups excluding carboxylic acids is 1. The van der Waals surface area contributed by atoms with Gasteiger partial charge < -0.3 is 25.1 Å². The van der Waals surface area contributed by atoms with E-state index in [9.17, 15) is 4.79 Å². The van der Waals surface area contributed by atoms with Crippen LogP contribution in [0.25, 0.3) is 0 Å². The first kappa shape index (κ1) is 28.2. The molecule has 0 amide bonds. The molecule has 2 aromatic rings. The minimum absolute atomic E-state index is 0. The SMILES string of the molecule is CCCCOc1ccc(PC(=O)c2c(OC)cc(OC)cc2OC)c(OCCCC)c1.[H-].[Li+]. The van der Waals surface area contributed by atoms with Gasteiger partial charge in [-0.05, 0) is 33.6 Å². The van der Waals surface area contributed by atoms with Crippen molar-refractivity contribution < 1.29 is 48.8 Å². The van der Waals surface area contributed by atoms with Crippen LogP contribution in [-0.2, 0) is 0 Å². The molecule has 172 valence electrons. The molecule has 1 unspecified atom stereocenters. The normalized spacial score (nSPS) is 10.5. The van der Waals surface area contributed by atoms with Crippen molar-refractivity contribution in [1.29, 1.82) is 0 Å². The summed E-state index contributed by atoms with van der Waals surface area (Å²) in [5.74, 6) is 2.83. The average Bonchev–Trinajstić information content (AvgIpc) is 2.79. The summed E-state index contributed by atoms with van der Waals surface area (Å²) in [5.41, 5.74) is 0.295. The zero-order valence-electron chi connectivity index (χ0n) is 21.1. The Balaban J connectivity index is 0.00000512. The van der Waals surface area contributed by atoms with E-state index in [2.05, 4.69) is 13.8 Å². The maximum absolute atomic E-state index is 13.3. The third kappa shape index (κ3) is 7.92. The number of carbonyl (C=O) groups is 1. The third-order valence-corrected chi connectivity index (χ3v) is 5.82. The van der Waals surface area contributed by atoms with E-state index >= 15 is 0 Å². The predicted octanol–water partition coefficient (Wildman–Crippen LogP) is 2.33. The second-order valence-electron chi connectivity index (χ2n) is 6.92. The van der Waals surface area contributed by atoms with Crippen LogP contribution in [0.5, 0.6) is 28.7 Å². The van der Waals surface area contributed by atoms with Gasteiger partial charge in [-0.3, -0.25) is 4.79 Å². The van der Waals surface area contributed by atoms with Crippen molar-refractivity contribution in [2.75, 3.05) is 34.5 Å². The fourth-order valence-corrected chi connectivity index (χ4v) is 3.94. The number of ether oxygens (including phenoxy) is 5. The smallest absolute Gasteiger partial charge is 1.00 e. The predicted molar refractivity (Wildman–Crippen MR) is 127 cm³/mol. The van der Waals surface area contributed by atoms with E-state index in [-0.39, 0.29) is 34.4 Å². The molecule has 0 fully saturated rings. The Morgan fingerprint density at radius 3 is 1.91 bits per heavy atom. The molecule has 32 heavy (non-hydrogen) atoms. The second kappa shape index (κ2) is 15.1. The molecule has 0 radical (unpaired) electrons. The molecule has 0 bridgehead atoms. The van der Waals surface area contributed by atoms with E-state index in [4.69, 9.17) is 23.7 Å².